The Hall–Kier alpha value is -3.38. The summed E-state index contributed by atoms with van der Waals surface area (Å²) < 4.78 is 33.0. The van der Waals surface area contributed by atoms with E-state index >= 15 is 0 Å². The summed E-state index contributed by atoms with van der Waals surface area (Å²) in [6, 6.07) is 13.3. The summed E-state index contributed by atoms with van der Waals surface area (Å²) in [6.45, 7) is 3.71. The van der Waals surface area contributed by atoms with Gasteiger partial charge < -0.3 is 10.1 Å². The van der Waals surface area contributed by atoms with Crippen molar-refractivity contribution in [2.75, 3.05) is 13.2 Å². The topological polar surface area (TPSA) is 47.0 Å². The molecule has 1 N–H and O–H groups in total. The second-order valence-electron chi connectivity index (χ2n) is 7.01. The van der Waals surface area contributed by atoms with Gasteiger partial charge in [-0.05, 0) is 48.4 Å². The highest BCUT2D eigenvalue weighted by atomic mass is 19.1. The summed E-state index contributed by atoms with van der Waals surface area (Å²) >= 11 is 0. The Morgan fingerprint density at radius 2 is 1.93 bits per heavy atom. The Labute approximate surface area is 173 Å². The minimum Gasteiger partial charge on any atom is -0.490 e. The van der Waals surface area contributed by atoms with Gasteiger partial charge >= 0.3 is 0 Å². The fourth-order valence-electron chi connectivity index (χ4n) is 3.33. The molecule has 2 heterocycles. The third-order valence-electron chi connectivity index (χ3n) is 4.85. The monoisotopic (exact) mass is 405 g/mol. The predicted molar refractivity (Wildman–Crippen MR) is 113 cm³/mol. The molecule has 152 valence electrons. The summed E-state index contributed by atoms with van der Waals surface area (Å²) in [4.78, 5) is 8.61. The highest BCUT2D eigenvalue weighted by molar-refractivity contribution is 5.87. The Kier molecular flexibility index (Phi) is 5.95. The number of fused-ring (bicyclic) bond motifs is 1. The molecule has 2 aromatic heterocycles. The maximum absolute atomic E-state index is 14.0. The number of hydrogen-bond acceptors (Lipinski definition) is 4. The molecular formula is C24H21F2N3O. The lowest BCUT2D eigenvalue weighted by atomic mass is 10.1. The first-order chi connectivity index (χ1) is 14.6. The van der Waals surface area contributed by atoms with Gasteiger partial charge in [-0.1, -0.05) is 12.1 Å². The van der Waals surface area contributed by atoms with E-state index in [1.165, 1.54) is 12.1 Å². The lowest BCUT2D eigenvalue weighted by Gasteiger charge is -2.11. The first kappa shape index (κ1) is 19.9. The molecule has 4 aromatic rings. The van der Waals surface area contributed by atoms with Crippen molar-refractivity contribution < 1.29 is 13.5 Å². The quantitative estimate of drug-likeness (QED) is 0.437. The van der Waals surface area contributed by atoms with Gasteiger partial charge in [0.05, 0.1) is 0 Å². The van der Waals surface area contributed by atoms with E-state index < -0.39 is 11.6 Å². The minimum absolute atomic E-state index is 0.327. The maximum atomic E-state index is 14.0. The van der Waals surface area contributed by atoms with E-state index in [1.807, 2.05) is 30.3 Å². The van der Waals surface area contributed by atoms with Gasteiger partial charge in [-0.2, -0.15) is 0 Å². The highest BCUT2D eigenvalue weighted by Gasteiger charge is 2.08. The molecule has 0 atom stereocenters. The van der Waals surface area contributed by atoms with Crippen LogP contribution in [0.4, 0.5) is 8.78 Å². The molecule has 0 aliphatic carbocycles. The molecular weight excluding hydrogens is 384 g/mol. The van der Waals surface area contributed by atoms with Crippen molar-refractivity contribution in [2.24, 2.45) is 0 Å². The Balaban J connectivity index is 1.34. The van der Waals surface area contributed by atoms with Gasteiger partial charge in [0.15, 0.2) is 0 Å². The molecule has 0 bridgehead atoms. The average molecular weight is 405 g/mol. The molecule has 0 amide bonds. The van der Waals surface area contributed by atoms with Gasteiger partial charge in [-0.3, -0.25) is 9.97 Å². The third-order valence-corrected chi connectivity index (χ3v) is 4.85. The zero-order valence-corrected chi connectivity index (χ0v) is 16.5. The standard InChI is InChI=1S/C24H21F2N3O/c1-16-4-7-23(24-20(16)3-2-8-29-24)30-10-9-27-13-17-11-18(15-28-14-17)21-6-5-19(25)12-22(21)26/h2-8,11-12,14-15,27H,9-10,13H2,1H3. The van der Waals surface area contributed by atoms with Gasteiger partial charge in [0.2, 0.25) is 0 Å². The van der Waals surface area contributed by atoms with Crippen molar-refractivity contribution in [1.29, 1.82) is 0 Å². The zero-order valence-electron chi connectivity index (χ0n) is 16.5. The highest BCUT2D eigenvalue weighted by Crippen LogP contribution is 2.26. The van der Waals surface area contributed by atoms with Crippen molar-refractivity contribution in [1.82, 2.24) is 15.3 Å². The molecule has 0 fully saturated rings. The molecule has 0 spiro atoms. The van der Waals surface area contributed by atoms with Crippen molar-refractivity contribution >= 4 is 10.9 Å². The lowest BCUT2D eigenvalue weighted by Crippen LogP contribution is -2.20. The van der Waals surface area contributed by atoms with Crippen LogP contribution in [0.25, 0.3) is 22.0 Å². The van der Waals surface area contributed by atoms with E-state index in [-0.39, 0.29) is 0 Å². The van der Waals surface area contributed by atoms with Crippen LogP contribution in [0.2, 0.25) is 0 Å². The molecule has 0 radical (unpaired) electrons. The van der Waals surface area contributed by atoms with E-state index in [0.717, 1.165) is 33.8 Å². The van der Waals surface area contributed by atoms with Crippen LogP contribution in [0.3, 0.4) is 0 Å². The molecule has 0 saturated carbocycles. The largest absolute Gasteiger partial charge is 0.490 e. The van der Waals surface area contributed by atoms with Crippen LogP contribution >= 0.6 is 0 Å². The van der Waals surface area contributed by atoms with Gasteiger partial charge in [0.25, 0.3) is 0 Å². The lowest BCUT2D eigenvalue weighted by molar-refractivity contribution is 0.316. The normalized spacial score (nSPS) is 11.0. The molecule has 0 aliphatic heterocycles. The summed E-state index contributed by atoms with van der Waals surface area (Å²) in [5.74, 6) is -0.443. The first-order valence-electron chi connectivity index (χ1n) is 9.69. The number of rotatable bonds is 7. The van der Waals surface area contributed by atoms with E-state index in [2.05, 4.69) is 22.2 Å². The van der Waals surface area contributed by atoms with Crippen molar-refractivity contribution in [3.63, 3.8) is 0 Å². The third kappa shape index (κ3) is 4.44. The molecule has 6 heteroatoms. The number of aryl methyl sites for hydroxylation is 1. The summed E-state index contributed by atoms with van der Waals surface area (Å²) in [5.41, 5.74) is 3.86. The molecule has 0 aliphatic rings. The second kappa shape index (κ2) is 8.97. The van der Waals surface area contributed by atoms with Crippen LogP contribution in [0.1, 0.15) is 11.1 Å². The van der Waals surface area contributed by atoms with Gasteiger partial charge in [0.1, 0.15) is 29.5 Å². The second-order valence-corrected chi connectivity index (χ2v) is 7.01. The number of hydrogen-bond donors (Lipinski definition) is 1. The predicted octanol–water partition coefficient (Wildman–Crippen LogP) is 5.05. The number of nitrogens with one attached hydrogen (secondary N) is 1. The molecule has 4 rings (SSSR count). The van der Waals surface area contributed by atoms with Gasteiger partial charge in [-0.15, -0.1) is 0 Å². The Bertz CT molecular complexity index is 1180. The summed E-state index contributed by atoms with van der Waals surface area (Å²) in [5, 5.41) is 4.38. The zero-order chi connectivity index (χ0) is 20.9. The van der Waals surface area contributed by atoms with E-state index in [1.54, 1.807) is 18.6 Å². The first-order valence-corrected chi connectivity index (χ1v) is 9.69. The molecule has 4 nitrogen and oxygen atoms in total. The van der Waals surface area contributed by atoms with E-state index in [9.17, 15) is 8.78 Å². The Morgan fingerprint density at radius 1 is 1.03 bits per heavy atom. The van der Waals surface area contributed by atoms with Crippen LogP contribution in [0, 0.1) is 18.6 Å². The van der Waals surface area contributed by atoms with Crippen molar-refractivity contribution in [3.05, 3.63) is 89.9 Å². The number of benzene rings is 2. The fourth-order valence-corrected chi connectivity index (χ4v) is 3.33. The molecule has 0 unspecified atom stereocenters. The SMILES string of the molecule is Cc1ccc(OCCNCc2cncc(-c3ccc(F)cc3F)c2)c2ncccc12. The number of pyridine rings is 2. The fraction of sp³-hybridized carbons (Fsp3) is 0.167. The van der Waals surface area contributed by atoms with Crippen molar-refractivity contribution in [3.8, 4) is 16.9 Å². The number of ether oxygens (including phenoxy) is 1. The Morgan fingerprint density at radius 3 is 2.80 bits per heavy atom. The minimum atomic E-state index is -0.603. The van der Waals surface area contributed by atoms with Crippen LogP contribution in [0.15, 0.2) is 67.1 Å². The summed E-state index contributed by atoms with van der Waals surface area (Å²) in [7, 11) is 0. The van der Waals surface area contributed by atoms with Gasteiger partial charge in [0, 0.05) is 54.3 Å². The average Bonchev–Trinajstić information content (AvgIpc) is 2.75. The smallest absolute Gasteiger partial charge is 0.145 e. The van der Waals surface area contributed by atoms with Crippen LogP contribution < -0.4 is 10.1 Å². The van der Waals surface area contributed by atoms with Crippen molar-refractivity contribution in [2.45, 2.75) is 13.5 Å². The van der Waals surface area contributed by atoms with Gasteiger partial charge in [-0.25, -0.2) is 8.78 Å². The number of nitrogens with zero attached hydrogens (tertiary/aromatic N) is 2. The van der Waals surface area contributed by atoms with E-state index in [0.29, 0.717) is 30.8 Å². The van der Waals surface area contributed by atoms with E-state index in [4.69, 9.17) is 4.74 Å². The molecule has 0 saturated heterocycles. The number of aromatic nitrogens is 2. The van der Waals surface area contributed by atoms with Crippen LogP contribution in [0.5, 0.6) is 5.75 Å². The van der Waals surface area contributed by atoms with Crippen LogP contribution in [-0.4, -0.2) is 23.1 Å². The molecule has 30 heavy (non-hydrogen) atoms. The van der Waals surface area contributed by atoms with Crippen LogP contribution in [-0.2, 0) is 6.54 Å². The maximum Gasteiger partial charge on any atom is 0.145 e. The number of halogens is 2. The molecule has 2 aromatic carbocycles. The summed E-state index contributed by atoms with van der Waals surface area (Å²) in [6.07, 6.45) is 5.05.